The van der Waals surface area contributed by atoms with Crippen LogP contribution >= 0.6 is 23.2 Å². The number of carbonyl (C=O) groups excluding carboxylic acids is 1. The van der Waals surface area contributed by atoms with Gasteiger partial charge in [-0.25, -0.2) is 9.37 Å². The van der Waals surface area contributed by atoms with Crippen molar-refractivity contribution in [3.8, 4) is 16.9 Å². The van der Waals surface area contributed by atoms with Gasteiger partial charge in [0.15, 0.2) is 11.6 Å². The minimum Gasteiger partial charge on any atom is -0.482 e. The second-order valence-electron chi connectivity index (χ2n) is 8.00. The zero-order valence-electron chi connectivity index (χ0n) is 17.9. The van der Waals surface area contributed by atoms with Crippen molar-refractivity contribution in [2.75, 3.05) is 18.8 Å². The van der Waals surface area contributed by atoms with Crippen molar-refractivity contribution in [1.82, 2.24) is 9.88 Å². The van der Waals surface area contributed by atoms with E-state index in [9.17, 15) is 9.18 Å². The lowest BCUT2D eigenvalue weighted by molar-refractivity contribution is 0.0791. The van der Waals surface area contributed by atoms with Gasteiger partial charge in [0.2, 0.25) is 0 Å². The average Bonchev–Trinajstić information content (AvgIpc) is 3.24. The van der Waals surface area contributed by atoms with Gasteiger partial charge in [-0.3, -0.25) is 4.79 Å². The molecule has 0 saturated carbocycles. The number of amides is 1. The summed E-state index contributed by atoms with van der Waals surface area (Å²) < 4.78 is 19.9. The predicted octanol–water partition coefficient (Wildman–Crippen LogP) is 5.09. The first kappa shape index (κ1) is 23.3. The molecule has 0 aliphatic carbocycles. The zero-order valence-corrected chi connectivity index (χ0v) is 19.4. The third kappa shape index (κ3) is 4.90. The molecular formula is C24H23Cl2FN4O2. The number of halogens is 3. The van der Waals surface area contributed by atoms with Crippen LogP contribution in [0.5, 0.6) is 5.75 Å². The van der Waals surface area contributed by atoms with Crippen molar-refractivity contribution in [1.29, 1.82) is 0 Å². The molecule has 4 rings (SSSR count). The molecule has 33 heavy (non-hydrogen) atoms. The molecule has 1 saturated heterocycles. The van der Waals surface area contributed by atoms with Crippen molar-refractivity contribution in [3.63, 3.8) is 0 Å². The lowest BCUT2D eigenvalue weighted by Gasteiger charge is -2.19. The number of aromatic nitrogens is 1. The number of carbonyl (C=O) groups is 1. The minimum atomic E-state index is -0.674. The Bertz CT molecular complexity index is 1190. The Hall–Kier alpha value is -2.87. The molecule has 2 atom stereocenters. The first-order valence-electron chi connectivity index (χ1n) is 10.5. The maximum atomic E-state index is 13.9. The van der Waals surface area contributed by atoms with E-state index in [1.807, 2.05) is 12.1 Å². The molecule has 4 N–H and O–H groups in total. The Balaban J connectivity index is 1.55. The van der Waals surface area contributed by atoms with Crippen LogP contribution < -0.4 is 16.2 Å². The molecule has 9 heteroatoms. The molecule has 6 nitrogen and oxygen atoms in total. The average molecular weight is 489 g/mol. The van der Waals surface area contributed by atoms with E-state index in [4.69, 9.17) is 39.4 Å². The number of nitrogens with two attached hydrogens (primary N) is 2. The number of rotatable bonds is 5. The monoisotopic (exact) mass is 488 g/mol. The van der Waals surface area contributed by atoms with Crippen molar-refractivity contribution >= 4 is 34.9 Å². The van der Waals surface area contributed by atoms with Gasteiger partial charge in [-0.2, -0.15) is 0 Å². The van der Waals surface area contributed by atoms with E-state index in [2.05, 4.69) is 4.98 Å². The number of ether oxygens (including phenoxy) is 1. The molecule has 1 unspecified atom stereocenters. The SMILES string of the molecule is CC(Oc1cc(-c2ccc(C(=O)N3CC[C@@H](N)C3)cc2)cnc1N)c1c(Cl)ccc(F)c1Cl. The molecule has 0 spiro atoms. The largest absolute Gasteiger partial charge is 0.482 e. The Labute approximate surface area is 201 Å². The zero-order chi connectivity index (χ0) is 23.7. The summed E-state index contributed by atoms with van der Waals surface area (Å²) in [5, 5.41) is 0.188. The Morgan fingerprint density at radius 2 is 1.94 bits per heavy atom. The number of likely N-dealkylation sites (tertiary alicyclic amines) is 1. The van der Waals surface area contributed by atoms with Gasteiger partial charge in [0.05, 0.1) is 5.02 Å². The highest BCUT2D eigenvalue weighted by molar-refractivity contribution is 6.36. The fourth-order valence-electron chi connectivity index (χ4n) is 3.83. The normalized spacial score (nSPS) is 16.6. The van der Waals surface area contributed by atoms with Gasteiger partial charge >= 0.3 is 0 Å². The number of nitrogens with zero attached hydrogens (tertiary/aromatic N) is 2. The number of hydrogen-bond acceptors (Lipinski definition) is 5. The van der Waals surface area contributed by atoms with Crippen molar-refractivity contribution in [2.45, 2.75) is 25.5 Å². The number of hydrogen-bond donors (Lipinski definition) is 2. The maximum absolute atomic E-state index is 13.9. The van der Waals surface area contributed by atoms with Crippen LogP contribution in [0, 0.1) is 5.82 Å². The third-order valence-corrected chi connectivity index (χ3v) is 6.36. The van der Waals surface area contributed by atoms with Crippen LogP contribution in [0.15, 0.2) is 48.7 Å². The Morgan fingerprint density at radius 1 is 1.21 bits per heavy atom. The van der Waals surface area contributed by atoms with Crippen LogP contribution in [0.3, 0.4) is 0 Å². The number of anilines is 1. The van der Waals surface area contributed by atoms with Gasteiger partial charge in [0.25, 0.3) is 5.91 Å². The fourth-order valence-corrected chi connectivity index (χ4v) is 4.51. The van der Waals surface area contributed by atoms with Crippen LogP contribution in [-0.4, -0.2) is 34.9 Å². The topological polar surface area (TPSA) is 94.5 Å². The number of pyridine rings is 1. The van der Waals surface area contributed by atoms with E-state index in [1.54, 1.807) is 36.2 Å². The van der Waals surface area contributed by atoms with E-state index in [-0.39, 0.29) is 27.8 Å². The van der Waals surface area contributed by atoms with Gasteiger partial charge in [0, 0.05) is 47.0 Å². The first-order chi connectivity index (χ1) is 15.7. The Kier molecular flexibility index (Phi) is 6.74. The summed E-state index contributed by atoms with van der Waals surface area (Å²) in [6.07, 6.45) is 1.76. The maximum Gasteiger partial charge on any atom is 0.253 e. The molecule has 3 aromatic rings. The summed E-state index contributed by atoms with van der Waals surface area (Å²) in [5.74, 6) is -0.141. The smallest absolute Gasteiger partial charge is 0.253 e. The molecule has 172 valence electrons. The Morgan fingerprint density at radius 3 is 2.61 bits per heavy atom. The van der Waals surface area contributed by atoms with E-state index in [0.717, 1.165) is 17.5 Å². The van der Waals surface area contributed by atoms with Crippen LogP contribution in [0.1, 0.15) is 35.4 Å². The second kappa shape index (κ2) is 9.55. The summed E-state index contributed by atoms with van der Waals surface area (Å²) in [6.45, 7) is 2.94. The summed E-state index contributed by atoms with van der Waals surface area (Å²) in [4.78, 5) is 18.6. The summed E-state index contributed by atoms with van der Waals surface area (Å²) >= 11 is 12.3. The molecule has 1 aliphatic rings. The molecular weight excluding hydrogens is 466 g/mol. The van der Waals surface area contributed by atoms with Crippen LogP contribution in [0.2, 0.25) is 10.0 Å². The van der Waals surface area contributed by atoms with E-state index in [0.29, 0.717) is 30.0 Å². The molecule has 0 bridgehead atoms. The van der Waals surface area contributed by atoms with Crippen LogP contribution in [0.25, 0.3) is 11.1 Å². The first-order valence-corrected chi connectivity index (χ1v) is 11.2. The fraction of sp³-hybridized carbons (Fsp3) is 0.250. The minimum absolute atomic E-state index is 0.0343. The standard InChI is InChI=1S/C24H23Cl2FN4O2/c1-13(21-18(25)6-7-19(27)22(21)26)33-20-10-16(11-30-23(20)29)14-2-4-15(5-3-14)24(32)31-9-8-17(28)12-31/h2-7,10-11,13,17H,8-9,12,28H2,1H3,(H2,29,30)/t13?,17-/m1/s1. The van der Waals surface area contributed by atoms with Gasteiger partial charge < -0.3 is 21.1 Å². The van der Waals surface area contributed by atoms with E-state index < -0.39 is 11.9 Å². The molecule has 1 amide bonds. The van der Waals surface area contributed by atoms with Crippen LogP contribution in [0.4, 0.5) is 10.2 Å². The van der Waals surface area contributed by atoms with Gasteiger partial charge in [-0.1, -0.05) is 35.3 Å². The highest BCUT2D eigenvalue weighted by Gasteiger charge is 2.24. The highest BCUT2D eigenvalue weighted by atomic mass is 35.5. The number of nitrogen functional groups attached to an aromatic ring is 1. The molecule has 1 aliphatic heterocycles. The number of benzene rings is 2. The van der Waals surface area contributed by atoms with E-state index >= 15 is 0 Å². The molecule has 0 radical (unpaired) electrons. The lowest BCUT2D eigenvalue weighted by Crippen LogP contribution is -2.31. The van der Waals surface area contributed by atoms with Gasteiger partial charge in [0.1, 0.15) is 11.9 Å². The van der Waals surface area contributed by atoms with Crippen LogP contribution in [-0.2, 0) is 0 Å². The third-order valence-electron chi connectivity index (χ3n) is 5.65. The van der Waals surface area contributed by atoms with E-state index in [1.165, 1.54) is 12.1 Å². The predicted molar refractivity (Wildman–Crippen MR) is 128 cm³/mol. The van der Waals surface area contributed by atoms with Crippen molar-refractivity contribution in [3.05, 3.63) is 75.7 Å². The van der Waals surface area contributed by atoms with Crippen molar-refractivity contribution < 1.29 is 13.9 Å². The highest BCUT2D eigenvalue weighted by Crippen LogP contribution is 2.37. The van der Waals surface area contributed by atoms with Gasteiger partial charge in [-0.15, -0.1) is 0 Å². The quantitative estimate of drug-likeness (QED) is 0.487. The van der Waals surface area contributed by atoms with Gasteiger partial charge in [-0.05, 0) is 49.2 Å². The molecule has 2 aromatic carbocycles. The second-order valence-corrected chi connectivity index (χ2v) is 8.79. The molecule has 1 fully saturated rings. The lowest BCUT2D eigenvalue weighted by atomic mass is 10.0. The summed E-state index contributed by atoms with van der Waals surface area (Å²) in [5.41, 5.74) is 14.4. The summed E-state index contributed by atoms with van der Waals surface area (Å²) in [7, 11) is 0. The molecule has 1 aromatic heterocycles. The van der Waals surface area contributed by atoms with Crippen molar-refractivity contribution in [2.24, 2.45) is 5.73 Å². The molecule has 2 heterocycles. The summed E-state index contributed by atoms with van der Waals surface area (Å²) in [6, 6.07) is 11.6.